The van der Waals surface area contributed by atoms with Gasteiger partial charge >= 0.3 is 0 Å². The molecule has 0 radical (unpaired) electrons. The highest BCUT2D eigenvalue weighted by atomic mass is 14.9. The van der Waals surface area contributed by atoms with Crippen molar-refractivity contribution in [1.82, 2.24) is 0 Å². The fraction of sp³-hybridized carbons (Fsp3) is 0.389. The molecule has 0 aliphatic heterocycles. The summed E-state index contributed by atoms with van der Waals surface area (Å²) in [5.41, 5.74) is 6.79. The fourth-order valence-corrected chi connectivity index (χ4v) is 2.43. The maximum absolute atomic E-state index is 2.25. The molecule has 2 rings (SSSR count). The van der Waals surface area contributed by atoms with Gasteiger partial charge in [0.15, 0.2) is 6.20 Å². The second-order valence-electron chi connectivity index (χ2n) is 6.48. The Hall–Kier alpha value is -1.63. The van der Waals surface area contributed by atoms with Gasteiger partial charge in [-0.1, -0.05) is 38.5 Å². The molecule has 100 valence electrons. The molecule has 0 saturated carbocycles. The summed E-state index contributed by atoms with van der Waals surface area (Å²) in [6.45, 7) is 11.1. The number of hydrogen-bond acceptors (Lipinski definition) is 0. The normalized spacial score (nSPS) is 11.7. The van der Waals surface area contributed by atoms with Crippen LogP contribution >= 0.6 is 0 Å². The first-order valence-electron chi connectivity index (χ1n) is 6.87. The highest BCUT2D eigenvalue weighted by Crippen LogP contribution is 2.25. The zero-order chi connectivity index (χ0) is 14.2. The van der Waals surface area contributed by atoms with Gasteiger partial charge in [-0.15, -0.1) is 0 Å². The summed E-state index contributed by atoms with van der Waals surface area (Å²) in [4.78, 5) is 0. The maximum atomic E-state index is 2.25. The highest BCUT2D eigenvalue weighted by molar-refractivity contribution is 5.61. The molecule has 1 aromatic carbocycles. The molecule has 0 aliphatic carbocycles. The minimum Gasteiger partial charge on any atom is -0.201 e. The van der Waals surface area contributed by atoms with Gasteiger partial charge in [0, 0.05) is 17.2 Å². The molecule has 0 bridgehead atoms. The monoisotopic (exact) mass is 254 g/mol. The second-order valence-corrected chi connectivity index (χ2v) is 6.48. The van der Waals surface area contributed by atoms with E-state index in [9.17, 15) is 0 Å². The summed E-state index contributed by atoms with van der Waals surface area (Å²) in [7, 11) is 2.13. The standard InChI is InChI=1S/C18H24N/c1-13-7-9-16(14(2)11-13)17-10-8-15(12-19(17)6)18(3,4)5/h7-12H,1-6H3/q+1. The third-order valence-corrected chi connectivity index (χ3v) is 3.66. The number of benzene rings is 1. The Balaban J connectivity index is 2.52. The Kier molecular flexibility index (Phi) is 3.49. The first-order valence-corrected chi connectivity index (χ1v) is 6.87. The van der Waals surface area contributed by atoms with Crippen LogP contribution in [0.3, 0.4) is 0 Å². The Morgan fingerprint density at radius 3 is 2.16 bits per heavy atom. The third kappa shape index (κ3) is 2.86. The fourth-order valence-electron chi connectivity index (χ4n) is 2.43. The third-order valence-electron chi connectivity index (χ3n) is 3.66. The van der Waals surface area contributed by atoms with Crippen LogP contribution in [0.5, 0.6) is 0 Å². The quantitative estimate of drug-likeness (QED) is 0.675. The maximum Gasteiger partial charge on any atom is 0.212 e. The average Bonchev–Trinajstić information content (AvgIpc) is 2.28. The summed E-state index contributed by atoms with van der Waals surface area (Å²) in [6.07, 6.45) is 2.24. The first kappa shape index (κ1) is 13.8. The molecule has 0 fully saturated rings. The molecule has 1 nitrogen and oxygen atoms in total. The van der Waals surface area contributed by atoms with Crippen LogP contribution in [0.1, 0.15) is 37.5 Å². The van der Waals surface area contributed by atoms with Crippen molar-refractivity contribution in [2.45, 2.75) is 40.0 Å². The lowest BCUT2D eigenvalue weighted by atomic mass is 9.88. The van der Waals surface area contributed by atoms with Gasteiger partial charge in [-0.3, -0.25) is 0 Å². The number of aromatic nitrogens is 1. The van der Waals surface area contributed by atoms with E-state index in [0.29, 0.717) is 0 Å². The van der Waals surface area contributed by atoms with E-state index in [0.717, 1.165) is 0 Å². The minimum atomic E-state index is 0.193. The van der Waals surface area contributed by atoms with Gasteiger partial charge in [0.25, 0.3) is 0 Å². The van der Waals surface area contributed by atoms with E-state index in [1.54, 1.807) is 0 Å². The van der Waals surface area contributed by atoms with Gasteiger partial charge in [0.05, 0.1) is 0 Å². The van der Waals surface area contributed by atoms with Crippen LogP contribution in [0.2, 0.25) is 0 Å². The van der Waals surface area contributed by atoms with E-state index in [-0.39, 0.29) is 5.41 Å². The van der Waals surface area contributed by atoms with Crippen LogP contribution in [-0.2, 0) is 12.5 Å². The smallest absolute Gasteiger partial charge is 0.201 e. The van der Waals surface area contributed by atoms with Crippen molar-refractivity contribution < 1.29 is 4.57 Å². The molecule has 1 heterocycles. The SMILES string of the molecule is Cc1ccc(-c2ccc(C(C)(C)C)c[n+]2C)c(C)c1. The molecule has 1 heteroatoms. The summed E-state index contributed by atoms with van der Waals surface area (Å²) in [5.74, 6) is 0. The van der Waals surface area contributed by atoms with Gasteiger partial charge in [0.2, 0.25) is 5.69 Å². The Morgan fingerprint density at radius 1 is 0.947 bits per heavy atom. The van der Waals surface area contributed by atoms with Crippen LogP contribution in [0.25, 0.3) is 11.3 Å². The molecule has 2 aromatic rings. The lowest BCUT2D eigenvalue weighted by Crippen LogP contribution is -2.33. The average molecular weight is 254 g/mol. The van der Waals surface area contributed by atoms with Crippen molar-refractivity contribution in [2.75, 3.05) is 0 Å². The molecule has 0 spiro atoms. The number of aryl methyl sites for hydroxylation is 3. The van der Waals surface area contributed by atoms with E-state index in [1.807, 2.05) is 0 Å². The first-order chi connectivity index (χ1) is 8.79. The predicted octanol–water partition coefficient (Wildman–Crippen LogP) is 4.09. The Labute approximate surface area is 116 Å². The van der Waals surface area contributed by atoms with E-state index < -0.39 is 0 Å². The number of rotatable bonds is 1. The summed E-state index contributed by atoms with van der Waals surface area (Å²) in [6, 6.07) is 11.1. The van der Waals surface area contributed by atoms with Crippen molar-refractivity contribution in [1.29, 1.82) is 0 Å². The van der Waals surface area contributed by atoms with Gasteiger partial charge in [0.1, 0.15) is 7.05 Å². The van der Waals surface area contributed by atoms with E-state index >= 15 is 0 Å². The van der Waals surface area contributed by atoms with Gasteiger partial charge in [-0.25, -0.2) is 4.57 Å². The van der Waals surface area contributed by atoms with Crippen molar-refractivity contribution in [3.8, 4) is 11.3 Å². The van der Waals surface area contributed by atoms with Crippen molar-refractivity contribution in [3.63, 3.8) is 0 Å². The van der Waals surface area contributed by atoms with Crippen LogP contribution in [-0.4, -0.2) is 0 Å². The molecular formula is C18H24N+. The summed E-state index contributed by atoms with van der Waals surface area (Å²) < 4.78 is 2.23. The Bertz CT molecular complexity index is 604. The molecule has 0 atom stereocenters. The van der Waals surface area contributed by atoms with Gasteiger partial charge in [-0.05, 0) is 37.0 Å². The van der Waals surface area contributed by atoms with E-state index in [1.165, 1.54) is 27.9 Å². The van der Waals surface area contributed by atoms with Crippen molar-refractivity contribution in [2.24, 2.45) is 7.05 Å². The van der Waals surface area contributed by atoms with E-state index in [4.69, 9.17) is 0 Å². The lowest BCUT2D eigenvalue weighted by molar-refractivity contribution is -0.661. The Morgan fingerprint density at radius 2 is 1.63 bits per heavy atom. The minimum absolute atomic E-state index is 0.193. The van der Waals surface area contributed by atoms with Crippen molar-refractivity contribution in [3.05, 3.63) is 53.2 Å². The molecule has 19 heavy (non-hydrogen) atoms. The molecule has 0 amide bonds. The molecule has 0 saturated heterocycles. The predicted molar refractivity (Wildman–Crippen MR) is 81.2 cm³/mol. The number of pyridine rings is 1. The second kappa shape index (κ2) is 4.80. The van der Waals surface area contributed by atoms with Crippen LogP contribution in [0, 0.1) is 13.8 Å². The largest absolute Gasteiger partial charge is 0.212 e. The van der Waals surface area contributed by atoms with E-state index in [2.05, 4.69) is 82.8 Å². The van der Waals surface area contributed by atoms with Crippen LogP contribution < -0.4 is 4.57 Å². The summed E-state index contributed by atoms with van der Waals surface area (Å²) in [5, 5.41) is 0. The van der Waals surface area contributed by atoms with Crippen LogP contribution in [0.4, 0.5) is 0 Å². The van der Waals surface area contributed by atoms with Gasteiger partial charge in [-0.2, -0.15) is 0 Å². The van der Waals surface area contributed by atoms with Gasteiger partial charge < -0.3 is 0 Å². The number of nitrogens with zero attached hydrogens (tertiary/aromatic N) is 1. The topological polar surface area (TPSA) is 3.88 Å². The zero-order valence-corrected chi connectivity index (χ0v) is 12.9. The van der Waals surface area contributed by atoms with Crippen LogP contribution in [0.15, 0.2) is 36.5 Å². The number of hydrogen-bond donors (Lipinski definition) is 0. The summed E-state index contributed by atoms with van der Waals surface area (Å²) >= 11 is 0. The molecule has 0 N–H and O–H groups in total. The molecule has 0 aliphatic rings. The molecule has 1 aromatic heterocycles. The lowest BCUT2D eigenvalue weighted by Gasteiger charge is -2.17. The molecular weight excluding hydrogens is 230 g/mol. The zero-order valence-electron chi connectivity index (χ0n) is 12.9. The molecule has 0 unspecified atom stereocenters. The van der Waals surface area contributed by atoms with Crippen molar-refractivity contribution >= 4 is 0 Å². The highest BCUT2D eigenvalue weighted by Gasteiger charge is 2.19.